The van der Waals surface area contributed by atoms with Crippen LogP contribution in [0.5, 0.6) is 11.5 Å². The molecule has 0 aliphatic heterocycles. The molecule has 2 aromatic rings. The second-order valence-corrected chi connectivity index (χ2v) is 7.28. The van der Waals surface area contributed by atoms with Gasteiger partial charge in [-0.1, -0.05) is 52.0 Å². The van der Waals surface area contributed by atoms with E-state index in [4.69, 9.17) is 9.47 Å². The van der Waals surface area contributed by atoms with Gasteiger partial charge in [0, 0.05) is 5.41 Å². The second kappa shape index (κ2) is 8.42. The normalized spacial score (nSPS) is 11.4. The van der Waals surface area contributed by atoms with Crippen LogP contribution in [0, 0.1) is 13.8 Å². The molecule has 0 spiro atoms. The van der Waals surface area contributed by atoms with E-state index in [2.05, 4.69) is 77.9 Å². The molecule has 0 atom stereocenters. The number of hydrogen-bond acceptors (Lipinski definition) is 2. The van der Waals surface area contributed by atoms with Crippen LogP contribution >= 0.6 is 0 Å². The molecule has 0 bridgehead atoms. The smallest absolute Gasteiger partial charge is 0.122 e. The van der Waals surface area contributed by atoms with Crippen LogP contribution in [0.15, 0.2) is 36.4 Å². The van der Waals surface area contributed by atoms with E-state index in [1.807, 2.05) is 0 Å². The van der Waals surface area contributed by atoms with Crippen molar-refractivity contribution < 1.29 is 9.47 Å². The molecule has 0 saturated heterocycles. The molecule has 0 heterocycles. The van der Waals surface area contributed by atoms with E-state index in [0.717, 1.165) is 37.6 Å². The Morgan fingerprint density at radius 2 is 1.12 bits per heavy atom. The first kappa shape index (κ1) is 19.4. The third-order valence-corrected chi connectivity index (χ3v) is 4.72. The lowest BCUT2D eigenvalue weighted by atomic mass is 9.77. The summed E-state index contributed by atoms with van der Waals surface area (Å²) in [7, 11) is 0. The summed E-state index contributed by atoms with van der Waals surface area (Å²) >= 11 is 0. The van der Waals surface area contributed by atoms with Gasteiger partial charge >= 0.3 is 0 Å². The summed E-state index contributed by atoms with van der Waals surface area (Å²) in [4.78, 5) is 0. The molecule has 0 radical (unpaired) electrons. The highest BCUT2D eigenvalue weighted by atomic mass is 16.5. The van der Waals surface area contributed by atoms with Crippen LogP contribution < -0.4 is 9.47 Å². The zero-order valence-electron chi connectivity index (χ0n) is 16.6. The van der Waals surface area contributed by atoms with Gasteiger partial charge in [-0.05, 0) is 61.1 Å². The van der Waals surface area contributed by atoms with Crippen molar-refractivity contribution >= 4 is 0 Å². The maximum absolute atomic E-state index is 5.82. The van der Waals surface area contributed by atoms with Crippen molar-refractivity contribution in [2.24, 2.45) is 0 Å². The molecular formula is C23H32O2. The van der Waals surface area contributed by atoms with Crippen molar-refractivity contribution in [3.63, 3.8) is 0 Å². The van der Waals surface area contributed by atoms with E-state index >= 15 is 0 Å². The first-order chi connectivity index (χ1) is 11.9. The first-order valence-electron chi connectivity index (χ1n) is 9.38. The van der Waals surface area contributed by atoms with Gasteiger partial charge in [0.1, 0.15) is 11.5 Å². The molecule has 0 aliphatic carbocycles. The SMILES string of the molecule is CCCOc1ccc(C(C)(C)c2ccc(OCCC)c(C)c2)cc1C. The second-order valence-electron chi connectivity index (χ2n) is 7.28. The monoisotopic (exact) mass is 340 g/mol. The molecule has 2 rings (SSSR count). The average Bonchev–Trinajstić information content (AvgIpc) is 2.59. The minimum absolute atomic E-state index is 0.0674. The number of hydrogen-bond donors (Lipinski definition) is 0. The van der Waals surface area contributed by atoms with E-state index in [9.17, 15) is 0 Å². The Labute approximate surface area is 153 Å². The molecule has 2 aromatic carbocycles. The van der Waals surface area contributed by atoms with Crippen LogP contribution in [0.25, 0.3) is 0 Å². The predicted octanol–water partition coefficient (Wildman–Crippen LogP) is 6.21. The van der Waals surface area contributed by atoms with Gasteiger partial charge in [-0.25, -0.2) is 0 Å². The van der Waals surface area contributed by atoms with Crippen molar-refractivity contribution in [1.82, 2.24) is 0 Å². The van der Waals surface area contributed by atoms with Crippen LogP contribution in [0.3, 0.4) is 0 Å². The van der Waals surface area contributed by atoms with Crippen LogP contribution in [-0.4, -0.2) is 13.2 Å². The van der Waals surface area contributed by atoms with Gasteiger partial charge in [0.05, 0.1) is 13.2 Å². The molecule has 25 heavy (non-hydrogen) atoms. The zero-order chi connectivity index (χ0) is 18.4. The number of aryl methyl sites for hydroxylation is 2. The van der Waals surface area contributed by atoms with Crippen molar-refractivity contribution in [3.8, 4) is 11.5 Å². The number of ether oxygens (including phenoxy) is 2. The van der Waals surface area contributed by atoms with Crippen molar-refractivity contribution in [1.29, 1.82) is 0 Å². The molecule has 2 nitrogen and oxygen atoms in total. The quantitative estimate of drug-likeness (QED) is 0.569. The van der Waals surface area contributed by atoms with Crippen molar-refractivity contribution in [2.75, 3.05) is 13.2 Å². The lowest BCUT2D eigenvalue weighted by Crippen LogP contribution is -2.19. The highest BCUT2D eigenvalue weighted by Crippen LogP contribution is 2.35. The third-order valence-electron chi connectivity index (χ3n) is 4.72. The van der Waals surface area contributed by atoms with E-state index in [1.165, 1.54) is 22.3 Å². The van der Waals surface area contributed by atoms with Crippen LogP contribution in [0.4, 0.5) is 0 Å². The summed E-state index contributed by atoms with van der Waals surface area (Å²) < 4.78 is 11.6. The molecule has 2 heteroatoms. The predicted molar refractivity (Wildman–Crippen MR) is 106 cm³/mol. The lowest BCUT2D eigenvalue weighted by molar-refractivity contribution is 0.315. The Hall–Kier alpha value is -1.96. The van der Waals surface area contributed by atoms with E-state index in [0.29, 0.717) is 0 Å². The van der Waals surface area contributed by atoms with E-state index < -0.39 is 0 Å². The maximum Gasteiger partial charge on any atom is 0.122 e. The van der Waals surface area contributed by atoms with Gasteiger partial charge in [0.2, 0.25) is 0 Å². The highest BCUT2D eigenvalue weighted by Gasteiger charge is 2.24. The molecule has 0 aromatic heterocycles. The van der Waals surface area contributed by atoms with Crippen LogP contribution in [0.1, 0.15) is 62.8 Å². The highest BCUT2D eigenvalue weighted by molar-refractivity contribution is 5.47. The fourth-order valence-electron chi connectivity index (χ4n) is 2.99. The summed E-state index contributed by atoms with van der Waals surface area (Å²) in [5.41, 5.74) is 4.92. The summed E-state index contributed by atoms with van der Waals surface area (Å²) in [6.45, 7) is 14.6. The third kappa shape index (κ3) is 4.56. The molecule has 0 saturated carbocycles. The van der Waals surface area contributed by atoms with E-state index in [-0.39, 0.29) is 5.41 Å². The number of rotatable bonds is 8. The van der Waals surface area contributed by atoms with Gasteiger partial charge in [0.15, 0.2) is 0 Å². The summed E-state index contributed by atoms with van der Waals surface area (Å²) in [5.74, 6) is 1.97. The van der Waals surface area contributed by atoms with Crippen LogP contribution in [0.2, 0.25) is 0 Å². The zero-order valence-corrected chi connectivity index (χ0v) is 16.6. The molecular weight excluding hydrogens is 308 g/mol. The summed E-state index contributed by atoms with van der Waals surface area (Å²) in [5, 5.41) is 0. The van der Waals surface area contributed by atoms with Gasteiger partial charge in [0.25, 0.3) is 0 Å². The Morgan fingerprint density at radius 1 is 0.720 bits per heavy atom. The lowest BCUT2D eigenvalue weighted by Gasteiger charge is -2.28. The van der Waals surface area contributed by atoms with Crippen molar-refractivity contribution in [3.05, 3.63) is 58.7 Å². The standard InChI is InChI=1S/C23H32O2/c1-7-13-24-21-11-9-19(15-17(21)3)23(5,6)20-10-12-22(18(4)16-20)25-14-8-2/h9-12,15-16H,7-8,13-14H2,1-6H3. The molecule has 0 N–H and O–H groups in total. The van der Waals surface area contributed by atoms with Gasteiger partial charge in [-0.2, -0.15) is 0 Å². The topological polar surface area (TPSA) is 18.5 Å². The molecule has 136 valence electrons. The van der Waals surface area contributed by atoms with Gasteiger partial charge in [-0.3, -0.25) is 0 Å². The first-order valence-corrected chi connectivity index (χ1v) is 9.38. The molecule has 0 amide bonds. The van der Waals surface area contributed by atoms with E-state index in [1.54, 1.807) is 0 Å². The Balaban J connectivity index is 2.28. The minimum Gasteiger partial charge on any atom is -0.493 e. The van der Waals surface area contributed by atoms with Crippen molar-refractivity contribution in [2.45, 2.75) is 59.8 Å². The van der Waals surface area contributed by atoms with Crippen LogP contribution in [-0.2, 0) is 5.41 Å². The average molecular weight is 341 g/mol. The molecule has 0 unspecified atom stereocenters. The summed E-state index contributed by atoms with van der Waals surface area (Å²) in [6, 6.07) is 13.1. The fraction of sp³-hybridized carbons (Fsp3) is 0.478. The minimum atomic E-state index is -0.0674. The fourth-order valence-corrected chi connectivity index (χ4v) is 2.99. The summed E-state index contributed by atoms with van der Waals surface area (Å²) in [6.07, 6.45) is 2.05. The molecule has 0 aliphatic rings. The van der Waals surface area contributed by atoms with Gasteiger partial charge < -0.3 is 9.47 Å². The Bertz CT molecular complexity index is 642. The Morgan fingerprint density at radius 3 is 1.44 bits per heavy atom. The molecule has 0 fully saturated rings. The number of benzene rings is 2. The Kier molecular flexibility index (Phi) is 6.52. The van der Waals surface area contributed by atoms with Gasteiger partial charge in [-0.15, -0.1) is 0 Å². The maximum atomic E-state index is 5.82. The largest absolute Gasteiger partial charge is 0.493 e.